The standard InChI is InChI=1S/C24H28Cl2N6O5/c1-14(33)16-4-2-5-17(11-16)31-21(34)12-22(35)32(20(23(36)37)6-3-9-29-24(27)28)30-13-15-7-8-18(25)19(26)10-15/h2,4-5,7-8,10-11,20,30H,3,6,9,12-13H2,1H3,(H,31,34)(H,36,37)(H4,27,28,29)/t20-/m0/s1. The van der Waals surface area contributed by atoms with Gasteiger partial charge in [-0.15, -0.1) is 0 Å². The number of rotatable bonds is 13. The van der Waals surface area contributed by atoms with Crippen LogP contribution in [-0.2, 0) is 20.9 Å². The molecule has 0 unspecified atom stereocenters. The highest BCUT2D eigenvalue weighted by Crippen LogP contribution is 2.22. The van der Waals surface area contributed by atoms with E-state index in [4.69, 9.17) is 34.3 Å². The first kappa shape index (κ1) is 29.6. The molecule has 2 aromatic carbocycles. The SMILES string of the molecule is CC(=O)c1cccc(NC(=O)CC(=O)N(NCc2ccc(Cl)c(Cl)c2)[C@@H](CCCNC(=N)N)C(=O)O)c1. The summed E-state index contributed by atoms with van der Waals surface area (Å²) in [6.07, 6.45) is -0.370. The van der Waals surface area contributed by atoms with Gasteiger partial charge in [-0.05, 0) is 49.6 Å². The topological polar surface area (TPSA) is 178 Å². The molecule has 2 rings (SSSR count). The number of carbonyl (C=O) groups is 4. The van der Waals surface area contributed by atoms with E-state index in [0.29, 0.717) is 21.8 Å². The lowest BCUT2D eigenvalue weighted by Crippen LogP contribution is -2.53. The number of hydrogen-bond acceptors (Lipinski definition) is 6. The predicted molar refractivity (Wildman–Crippen MR) is 140 cm³/mol. The minimum Gasteiger partial charge on any atom is -0.480 e. The molecule has 13 heteroatoms. The third-order valence-electron chi connectivity index (χ3n) is 5.14. The third-order valence-corrected chi connectivity index (χ3v) is 5.88. The largest absolute Gasteiger partial charge is 0.480 e. The lowest BCUT2D eigenvalue weighted by atomic mass is 10.1. The Morgan fingerprint density at radius 1 is 1.11 bits per heavy atom. The fourth-order valence-electron chi connectivity index (χ4n) is 3.32. The number of nitrogens with one attached hydrogen (secondary N) is 4. The molecule has 0 aromatic heterocycles. The number of carbonyl (C=O) groups excluding carboxylic acids is 3. The van der Waals surface area contributed by atoms with Crippen LogP contribution in [0, 0.1) is 5.41 Å². The zero-order chi connectivity index (χ0) is 27.5. The van der Waals surface area contributed by atoms with Crippen LogP contribution < -0.4 is 21.8 Å². The van der Waals surface area contributed by atoms with Crippen molar-refractivity contribution in [3.8, 4) is 0 Å². The number of carboxylic acid groups (broad SMARTS) is 1. The number of nitrogens with zero attached hydrogens (tertiary/aromatic N) is 1. The van der Waals surface area contributed by atoms with Crippen molar-refractivity contribution in [1.29, 1.82) is 5.41 Å². The van der Waals surface area contributed by atoms with Gasteiger partial charge < -0.3 is 21.5 Å². The normalized spacial score (nSPS) is 11.3. The minimum atomic E-state index is -1.32. The predicted octanol–water partition coefficient (Wildman–Crippen LogP) is 2.77. The van der Waals surface area contributed by atoms with Crippen molar-refractivity contribution in [2.24, 2.45) is 5.73 Å². The van der Waals surface area contributed by atoms with Gasteiger partial charge in [-0.2, -0.15) is 0 Å². The number of Topliss-reactive ketones (excluding diaryl/α,β-unsaturated/α-hetero) is 1. The van der Waals surface area contributed by atoms with E-state index in [1.54, 1.807) is 36.4 Å². The summed E-state index contributed by atoms with van der Waals surface area (Å²) in [5.41, 5.74) is 9.39. The van der Waals surface area contributed by atoms with Crippen LogP contribution in [0.4, 0.5) is 5.69 Å². The van der Waals surface area contributed by atoms with Crippen LogP contribution >= 0.6 is 23.2 Å². The second-order valence-electron chi connectivity index (χ2n) is 8.05. The molecule has 0 bridgehead atoms. The number of amides is 2. The van der Waals surface area contributed by atoms with Crippen molar-refractivity contribution in [3.05, 3.63) is 63.6 Å². The van der Waals surface area contributed by atoms with Crippen LogP contribution in [0.5, 0.6) is 0 Å². The van der Waals surface area contributed by atoms with Gasteiger partial charge in [0.2, 0.25) is 11.8 Å². The summed E-state index contributed by atoms with van der Waals surface area (Å²) in [4.78, 5) is 49.4. The number of benzene rings is 2. The molecule has 2 amide bonds. The summed E-state index contributed by atoms with van der Waals surface area (Å²) in [7, 11) is 0. The Morgan fingerprint density at radius 3 is 2.46 bits per heavy atom. The molecule has 0 saturated heterocycles. The Morgan fingerprint density at radius 2 is 1.84 bits per heavy atom. The smallest absolute Gasteiger partial charge is 0.328 e. The van der Waals surface area contributed by atoms with E-state index in [2.05, 4.69) is 16.1 Å². The number of hydrogen-bond donors (Lipinski definition) is 6. The highest BCUT2D eigenvalue weighted by molar-refractivity contribution is 6.42. The molecule has 0 heterocycles. The molecule has 0 aliphatic carbocycles. The molecule has 1 atom stereocenters. The highest BCUT2D eigenvalue weighted by atomic mass is 35.5. The van der Waals surface area contributed by atoms with E-state index in [0.717, 1.165) is 5.01 Å². The maximum atomic E-state index is 13.1. The number of nitrogens with two attached hydrogens (primary N) is 1. The first-order valence-corrected chi connectivity index (χ1v) is 11.9. The lowest BCUT2D eigenvalue weighted by molar-refractivity contribution is -0.154. The van der Waals surface area contributed by atoms with E-state index >= 15 is 0 Å². The number of halogens is 2. The Balaban J connectivity index is 2.18. The fraction of sp³-hybridized carbons (Fsp3) is 0.292. The molecule has 7 N–H and O–H groups in total. The summed E-state index contributed by atoms with van der Waals surface area (Å²) < 4.78 is 0. The number of ketones is 1. The molecule has 0 saturated carbocycles. The molecule has 11 nitrogen and oxygen atoms in total. The number of carboxylic acids is 1. The maximum absolute atomic E-state index is 13.1. The first-order valence-electron chi connectivity index (χ1n) is 11.2. The summed E-state index contributed by atoms with van der Waals surface area (Å²) in [5, 5.41) is 23.7. The molecule has 0 radical (unpaired) electrons. The summed E-state index contributed by atoms with van der Waals surface area (Å²) in [6, 6.07) is 9.71. The number of hydrazine groups is 1. The Kier molecular flexibility index (Phi) is 11.3. The van der Waals surface area contributed by atoms with E-state index < -0.39 is 30.2 Å². The maximum Gasteiger partial charge on any atom is 0.328 e. The molecule has 198 valence electrons. The van der Waals surface area contributed by atoms with Gasteiger partial charge >= 0.3 is 5.97 Å². The lowest BCUT2D eigenvalue weighted by Gasteiger charge is -2.29. The van der Waals surface area contributed by atoms with Crippen molar-refractivity contribution < 1.29 is 24.3 Å². The van der Waals surface area contributed by atoms with Crippen LogP contribution in [0.2, 0.25) is 10.0 Å². The minimum absolute atomic E-state index is 0.0119. The Labute approximate surface area is 223 Å². The van der Waals surface area contributed by atoms with Gasteiger partial charge in [0.25, 0.3) is 0 Å². The monoisotopic (exact) mass is 550 g/mol. The fourth-order valence-corrected chi connectivity index (χ4v) is 3.64. The van der Waals surface area contributed by atoms with Crippen molar-refractivity contribution in [2.75, 3.05) is 11.9 Å². The zero-order valence-corrected chi connectivity index (χ0v) is 21.5. The molecular formula is C24H28Cl2N6O5. The zero-order valence-electron chi connectivity index (χ0n) is 20.0. The van der Waals surface area contributed by atoms with Gasteiger partial charge in [0, 0.05) is 24.3 Å². The van der Waals surface area contributed by atoms with Crippen LogP contribution in [-0.4, -0.2) is 52.2 Å². The molecule has 0 spiro atoms. The Hall–Kier alpha value is -3.67. The van der Waals surface area contributed by atoms with Crippen molar-refractivity contribution in [2.45, 2.75) is 38.8 Å². The van der Waals surface area contributed by atoms with Gasteiger partial charge in [0.1, 0.15) is 12.5 Å². The van der Waals surface area contributed by atoms with Crippen molar-refractivity contribution >= 4 is 58.4 Å². The van der Waals surface area contributed by atoms with Crippen LogP contribution in [0.1, 0.15) is 42.1 Å². The van der Waals surface area contributed by atoms with Crippen LogP contribution in [0.25, 0.3) is 0 Å². The highest BCUT2D eigenvalue weighted by Gasteiger charge is 2.30. The summed E-state index contributed by atoms with van der Waals surface area (Å²) >= 11 is 12.0. The summed E-state index contributed by atoms with van der Waals surface area (Å²) in [6.45, 7) is 1.64. The summed E-state index contributed by atoms with van der Waals surface area (Å²) in [5.74, 6) is -3.20. The second-order valence-corrected chi connectivity index (χ2v) is 8.86. The van der Waals surface area contributed by atoms with E-state index in [-0.39, 0.29) is 42.7 Å². The van der Waals surface area contributed by atoms with E-state index in [9.17, 15) is 24.3 Å². The molecule has 0 fully saturated rings. The average Bonchev–Trinajstić information content (AvgIpc) is 2.82. The molecule has 0 aliphatic heterocycles. The number of aliphatic carboxylic acids is 1. The molecular weight excluding hydrogens is 523 g/mol. The van der Waals surface area contributed by atoms with E-state index in [1.165, 1.54) is 13.0 Å². The van der Waals surface area contributed by atoms with Crippen LogP contribution in [0.3, 0.4) is 0 Å². The number of guanidine groups is 1. The Bertz CT molecular complexity index is 1180. The van der Waals surface area contributed by atoms with Gasteiger partial charge in [0.15, 0.2) is 11.7 Å². The average molecular weight is 551 g/mol. The van der Waals surface area contributed by atoms with Crippen molar-refractivity contribution in [1.82, 2.24) is 15.8 Å². The van der Waals surface area contributed by atoms with Crippen LogP contribution in [0.15, 0.2) is 42.5 Å². The molecule has 37 heavy (non-hydrogen) atoms. The van der Waals surface area contributed by atoms with Gasteiger partial charge in [0.05, 0.1) is 10.0 Å². The van der Waals surface area contributed by atoms with Crippen molar-refractivity contribution in [3.63, 3.8) is 0 Å². The molecule has 2 aromatic rings. The van der Waals surface area contributed by atoms with E-state index in [1.807, 2.05) is 0 Å². The van der Waals surface area contributed by atoms with Gasteiger partial charge in [-0.3, -0.25) is 24.8 Å². The second kappa shape index (κ2) is 14.2. The first-order chi connectivity index (χ1) is 17.5. The quantitative estimate of drug-likeness (QED) is 0.0550. The van der Waals surface area contributed by atoms with Gasteiger partial charge in [-0.1, -0.05) is 41.4 Å². The molecule has 0 aliphatic rings. The number of anilines is 1. The van der Waals surface area contributed by atoms with Gasteiger partial charge in [-0.25, -0.2) is 10.2 Å². The third kappa shape index (κ3) is 9.71.